The molecule has 0 bridgehead atoms. The van der Waals surface area contributed by atoms with Crippen LogP contribution < -0.4 is 0 Å². The molecule has 1 aliphatic carbocycles. The molecule has 4 heteroatoms. The number of nitrogens with zero attached hydrogens (tertiary/aromatic N) is 1. The maximum atomic E-state index is 13.2. The van der Waals surface area contributed by atoms with Crippen molar-refractivity contribution in [3.63, 3.8) is 0 Å². The third-order valence-corrected chi connectivity index (χ3v) is 4.74. The maximum Gasteiger partial charge on any atom is 0.210 e. The van der Waals surface area contributed by atoms with E-state index >= 15 is 0 Å². The molecule has 1 fully saturated rings. The van der Waals surface area contributed by atoms with E-state index < -0.39 is 0 Å². The zero-order valence-corrected chi connectivity index (χ0v) is 13.9. The van der Waals surface area contributed by atoms with Crippen LogP contribution in [0.2, 0.25) is 0 Å². The monoisotopic (exact) mass is 333 g/mol. The lowest BCUT2D eigenvalue weighted by atomic mass is 9.84. The maximum absolute atomic E-state index is 13.2. The van der Waals surface area contributed by atoms with Crippen LogP contribution in [0, 0.1) is 0 Å². The van der Waals surface area contributed by atoms with E-state index in [0.29, 0.717) is 55.1 Å². The number of fused-ring (bicyclic) bond motifs is 1. The van der Waals surface area contributed by atoms with Gasteiger partial charge >= 0.3 is 0 Å². The topological polar surface area (TPSA) is 46.6 Å². The van der Waals surface area contributed by atoms with Gasteiger partial charge in [0.05, 0.1) is 18.9 Å². The Balaban J connectivity index is 1.82. The zero-order valence-electron chi connectivity index (χ0n) is 13.9. The minimum atomic E-state index is -0.0527. The molecule has 1 heterocycles. The summed E-state index contributed by atoms with van der Waals surface area (Å²) in [6, 6.07) is 16.9. The quantitative estimate of drug-likeness (QED) is 0.866. The lowest BCUT2D eigenvalue weighted by Crippen LogP contribution is -2.41. The molecule has 25 heavy (non-hydrogen) atoms. The number of ether oxygens (including phenoxy) is 1. The van der Waals surface area contributed by atoms with Gasteiger partial charge in [-0.3, -0.25) is 9.59 Å². The fourth-order valence-electron chi connectivity index (χ4n) is 3.50. The van der Waals surface area contributed by atoms with Gasteiger partial charge in [0.2, 0.25) is 5.78 Å². The third kappa shape index (κ3) is 2.89. The van der Waals surface area contributed by atoms with E-state index in [0.717, 1.165) is 5.56 Å². The Labute approximate surface area is 146 Å². The van der Waals surface area contributed by atoms with Crippen LogP contribution in [0.3, 0.4) is 0 Å². The van der Waals surface area contributed by atoms with E-state index in [9.17, 15) is 9.59 Å². The van der Waals surface area contributed by atoms with Crippen molar-refractivity contribution in [2.24, 2.45) is 0 Å². The van der Waals surface area contributed by atoms with Crippen molar-refractivity contribution in [2.75, 3.05) is 26.3 Å². The van der Waals surface area contributed by atoms with E-state index in [1.165, 1.54) is 0 Å². The Morgan fingerprint density at radius 2 is 1.40 bits per heavy atom. The molecule has 0 N–H and O–H groups in total. The van der Waals surface area contributed by atoms with Crippen molar-refractivity contribution in [2.45, 2.75) is 6.42 Å². The van der Waals surface area contributed by atoms with Gasteiger partial charge in [0, 0.05) is 36.2 Å². The summed E-state index contributed by atoms with van der Waals surface area (Å²) < 4.78 is 5.42. The van der Waals surface area contributed by atoms with Crippen molar-refractivity contribution in [3.05, 3.63) is 82.6 Å². The second-order valence-corrected chi connectivity index (χ2v) is 6.29. The molecule has 0 atom stereocenters. The molecule has 0 spiro atoms. The van der Waals surface area contributed by atoms with Gasteiger partial charge in [-0.15, -0.1) is 0 Å². The van der Waals surface area contributed by atoms with E-state index in [4.69, 9.17) is 4.74 Å². The summed E-state index contributed by atoms with van der Waals surface area (Å²) in [7, 11) is 0. The summed E-state index contributed by atoms with van der Waals surface area (Å²) >= 11 is 0. The number of hydrogen-bond acceptors (Lipinski definition) is 4. The Morgan fingerprint density at radius 3 is 2.08 bits per heavy atom. The van der Waals surface area contributed by atoms with E-state index in [2.05, 4.69) is 0 Å². The van der Waals surface area contributed by atoms with Crippen molar-refractivity contribution >= 4 is 11.6 Å². The fraction of sp³-hybridized carbons (Fsp3) is 0.238. The average Bonchev–Trinajstić information content (AvgIpc) is 2.68. The minimum absolute atomic E-state index is 0.0412. The average molecular weight is 333 g/mol. The number of rotatable bonds is 3. The predicted octanol–water partition coefficient (Wildman–Crippen LogP) is 2.89. The lowest BCUT2D eigenvalue weighted by Gasteiger charge is -2.34. The highest BCUT2D eigenvalue weighted by Crippen LogP contribution is 2.30. The normalized spacial score (nSPS) is 17.7. The van der Waals surface area contributed by atoms with Crippen LogP contribution >= 0.6 is 0 Å². The van der Waals surface area contributed by atoms with Gasteiger partial charge in [-0.05, 0) is 5.56 Å². The first-order valence-corrected chi connectivity index (χ1v) is 8.54. The molecule has 0 unspecified atom stereocenters. The van der Waals surface area contributed by atoms with Crippen LogP contribution in [0.25, 0.3) is 0 Å². The fourth-order valence-corrected chi connectivity index (χ4v) is 3.50. The van der Waals surface area contributed by atoms with Crippen LogP contribution in [0.4, 0.5) is 0 Å². The molecule has 0 amide bonds. The summed E-state index contributed by atoms with van der Waals surface area (Å²) in [5.41, 5.74) is 3.19. The minimum Gasteiger partial charge on any atom is -0.378 e. The third-order valence-electron chi connectivity index (χ3n) is 4.74. The number of morpholine rings is 1. The number of allylic oxidation sites excluding steroid dienone is 2. The van der Waals surface area contributed by atoms with E-state index in [1.807, 2.05) is 47.4 Å². The number of carbonyl (C=O) groups is 2. The van der Waals surface area contributed by atoms with Crippen molar-refractivity contribution < 1.29 is 14.3 Å². The van der Waals surface area contributed by atoms with Gasteiger partial charge < -0.3 is 9.64 Å². The second-order valence-electron chi connectivity index (χ2n) is 6.29. The van der Waals surface area contributed by atoms with Crippen molar-refractivity contribution in [1.29, 1.82) is 0 Å². The van der Waals surface area contributed by atoms with Gasteiger partial charge in [-0.1, -0.05) is 54.6 Å². The Bertz CT molecular complexity index is 848. The standard InChI is InChI=1S/C21H19NO3/c23-20-16-8-4-5-9-17(16)21(24)19(22-10-12-25-13-11-22)18(20)14-15-6-2-1-3-7-15/h1-9H,10-14H2. The molecular formula is C21H19NO3. The molecule has 0 saturated carbocycles. The summed E-state index contributed by atoms with van der Waals surface area (Å²) in [5, 5.41) is 0. The largest absolute Gasteiger partial charge is 0.378 e. The molecular weight excluding hydrogens is 314 g/mol. The molecule has 4 rings (SSSR count). The first kappa shape index (κ1) is 15.8. The molecule has 1 saturated heterocycles. The lowest BCUT2D eigenvalue weighted by molar-refractivity contribution is 0.0495. The molecule has 4 nitrogen and oxygen atoms in total. The first-order valence-electron chi connectivity index (χ1n) is 8.54. The number of benzene rings is 2. The number of ketones is 2. The van der Waals surface area contributed by atoms with Gasteiger partial charge in [0.1, 0.15) is 0 Å². The van der Waals surface area contributed by atoms with E-state index in [1.54, 1.807) is 12.1 Å². The molecule has 0 aromatic heterocycles. The Morgan fingerprint density at radius 1 is 0.800 bits per heavy atom. The van der Waals surface area contributed by atoms with Crippen LogP contribution in [0.15, 0.2) is 65.9 Å². The van der Waals surface area contributed by atoms with Crippen LogP contribution in [-0.2, 0) is 11.2 Å². The highest BCUT2D eigenvalue weighted by molar-refractivity contribution is 6.26. The SMILES string of the molecule is O=C1C(Cc2ccccc2)=C(N2CCOCC2)C(=O)c2ccccc21. The molecule has 2 aliphatic rings. The second kappa shape index (κ2) is 6.65. The summed E-state index contributed by atoms with van der Waals surface area (Å²) in [4.78, 5) is 28.3. The number of hydrogen-bond donors (Lipinski definition) is 0. The first-order chi connectivity index (χ1) is 12.3. The predicted molar refractivity (Wildman–Crippen MR) is 94.7 cm³/mol. The smallest absolute Gasteiger partial charge is 0.210 e. The Kier molecular flexibility index (Phi) is 4.20. The van der Waals surface area contributed by atoms with Gasteiger partial charge in [0.25, 0.3) is 0 Å². The van der Waals surface area contributed by atoms with Gasteiger partial charge in [-0.25, -0.2) is 0 Å². The molecule has 2 aromatic rings. The highest BCUT2D eigenvalue weighted by atomic mass is 16.5. The molecule has 0 radical (unpaired) electrons. The highest BCUT2D eigenvalue weighted by Gasteiger charge is 2.35. The van der Waals surface area contributed by atoms with E-state index in [-0.39, 0.29) is 11.6 Å². The molecule has 1 aliphatic heterocycles. The molecule has 126 valence electrons. The summed E-state index contributed by atoms with van der Waals surface area (Å²) in [5.74, 6) is -0.0939. The van der Waals surface area contributed by atoms with Crippen LogP contribution in [0.5, 0.6) is 0 Å². The zero-order chi connectivity index (χ0) is 17.2. The summed E-state index contributed by atoms with van der Waals surface area (Å²) in [6.45, 7) is 2.42. The number of carbonyl (C=O) groups excluding carboxylic acids is 2. The van der Waals surface area contributed by atoms with Crippen molar-refractivity contribution in [3.8, 4) is 0 Å². The Hall–Kier alpha value is -2.72. The number of Topliss-reactive ketones (excluding diaryl/α,β-unsaturated/α-hetero) is 2. The van der Waals surface area contributed by atoms with Crippen LogP contribution in [0.1, 0.15) is 26.3 Å². The van der Waals surface area contributed by atoms with Crippen molar-refractivity contribution in [1.82, 2.24) is 4.90 Å². The van der Waals surface area contributed by atoms with Gasteiger partial charge in [0.15, 0.2) is 5.78 Å². The summed E-state index contributed by atoms with van der Waals surface area (Å²) in [6.07, 6.45) is 0.465. The molecule has 2 aromatic carbocycles. The van der Waals surface area contributed by atoms with Crippen LogP contribution in [-0.4, -0.2) is 42.8 Å². The van der Waals surface area contributed by atoms with Gasteiger partial charge in [-0.2, -0.15) is 0 Å².